The average molecular weight is 594 g/mol. The molecular formula is C31H33ClFN5O4. The molecule has 1 fully saturated rings. The molecule has 1 N–H and O–H groups in total. The zero-order valence-electron chi connectivity index (χ0n) is 23.9. The molecule has 1 aliphatic carbocycles. The van der Waals surface area contributed by atoms with Crippen LogP contribution in [-0.2, 0) is 24.1 Å². The van der Waals surface area contributed by atoms with Gasteiger partial charge < -0.3 is 19.9 Å². The number of ether oxygens (including phenoxy) is 1. The summed E-state index contributed by atoms with van der Waals surface area (Å²) >= 11 is 6.26. The molecule has 0 unspecified atom stereocenters. The van der Waals surface area contributed by atoms with E-state index in [-0.39, 0.29) is 30.4 Å². The van der Waals surface area contributed by atoms with E-state index in [1.54, 1.807) is 56.0 Å². The Labute approximate surface area is 248 Å². The van der Waals surface area contributed by atoms with E-state index in [0.29, 0.717) is 64.9 Å². The van der Waals surface area contributed by atoms with Crippen LogP contribution in [0.2, 0.25) is 5.02 Å². The maximum absolute atomic E-state index is 15.4. The Morgan fingerprint density at radius 1 is 1.10 bits per heavy atom. The number of hydrogen-bond donors (Lipinski definition) is 1. The van der Waals surface area contributed by atoms with E-state index in [2.05, 4.69) is 10.4 Å². The molecule has 2 aromatic carbocycles. The second-order valence-electron chi connectivity index (χ2n) is 12.1. The predicted octanol–water partition coefficient (Wildman–Crippen LogP) is 5.30. The molecule has 42 heavy (non-hydrogen) atoms. The van der Waals surface area contributed by atoms with Gasteiger partial charge in [-0.3, -0.25) is 9.59 Å². The predicted molar refractivity (Wildman–Crippen MR) is 156 cm³/mol. The van der Waals surface area contributed by atoms with Gasteiger partial charge in [-0.1, -0.05) is 17.7 Å². The standard InChI is InChI=1S/C31H33ClFN5O4/c1-31(2,3)42-30(41)36-11-9-23-19(17-36)13-22(15-25(23)33)37-12-10-24-26(28(39)34-16-18-7-8-18)35-38(27(24)29(37)40)21-6-4-5-20(32)14-21/h4-6,13-15,18H,7-12,16-17H2,1-3H3,(H,34,39). The Balaban J connectivity index is 1.34. The van der Waals surface area contributed by atoms with Gasteiger partial charge in [-0.05, 0) is 93.8 Å². The molecule has 3 aromatic rings. The van der Waals surface area contributed by atoms with Crippen LogP contribution in [0.15, 0.2) is 36.4 Å². The van der Waals surface area contributed by atoms with E-state index < -0.39 is 23.4 Å². The number of hydrogen-bond acceptors (Lipinski definition) is 5. The summed E-state index contributed by atoms with van der Waals surface area (Å²) in [6.45, 7) is 6.73. The van der Waals surface area contributed by atoms with Gasteiger partial charge in [0.25, 0.3) is 11.8 Å². The Morgan fingerprint density at radius 2 is 1.86 bits per heavy atom. The highest BCUT2D eigenvalue weighted by Gasteiger charge is 2.36. The van der Waals surface area contributed by atoms with Crippen LogP contribution in [0.1, 0.15) is 71.3 Å². The Bertz CT molecular complexity index is 1590. The Morgan fingerprint density at radius 3 is 2.57 bits per heavy atom. The minimum absolute atomic E-state index is 0.175. The second kappa shape index (κ2) is 10.7. The molecule has 11 heteroatoms. The van der Waals surface area contributed by atoms with Crippen LogP contribution in [-0.4, -0.2) is 57.8 Å². The van der Waals surface area contributed by atoms with E-state index in [9.17, 15) is 14.4 Å². The van der Waals surface area contributed by atoms with Crippen molar-refractivity contribution in [3.63, 3.8) is 0 Å². The van der Waals surface area contributed by atoms with Gasteiger partial charge in [0.15, 0.2) is 5.69 Å². The monoisotopic (exact) mass is 593 g/mol. The smallest absolute Gasteiger partial charge is 0.410 e. The fourth-order valence-electron chi connectivity index (χ4n) is 5.49. The molecule has 220 valence electrons. The lowest BCUT2D eigenvalue weighted by atomic mass is 9.97. The maximum atomic E-state index is 15.4. The summed E-state index contributed by atoms with van der Waals surface area (Å²) in [6, 6.07) is 10.0. The van der Waals surface area contributed by atoms with Gasteiger partial charge in [0.2, 0.25) is 0 Å². The quantitative estimate of drug-likeness (QED) is 0.433. The van der Waals surface area contributed by atoms with Gasteiger partial charge in [0.1, 0.15) is 17.1 Å². The van der Waals surface area contributed by atoms with Crippen LogP contribution < -0.4 is 10.2 Å². The minimum Gasteiger partial charge on any atom is -0.444 e. The lowest BCUT2D eigenvalue weighted by molar-refractivity contribution is 0.0222. The van der Waals surface area contributed by atoms with Crippen molar-refractivity contribution < 1.29 is 23.5 Å². The third-order valence-corrected chi connectivity index (χ3v) is 8.00. The normalized spacial score (nSPS) is 16.6. The van der Waals surface area contributed by atoms with Crippen molar-refractivity contribution in [1.29, 1.82) is 0 Å². The first-order chi connectivity index (χ1) is 20.0. The number of rotatable bonds is 5. The summed E-state index contributed by atoms with van der Waals surface area (Å²) < 4.78 is 22.4. The van der Waals surface area contributed by atoms with E-state index in [1.807, 2.05) is 0 Å². The molecule has 2 aliphatic heterocycles. The number of nitrogens with one attached hydrogen (secondary N) is 1. The largest absolute Gasteiger partial charge is 0.444 e. The highest BCUT2D eigenvalue weighted by molar-refractivity contribution is 6.30. The second-order valence-corrected chi connectivity index (χ2v) is 12.6. The molecule has 0 atom stereocenters. The topological polar surface area (TPSA) is 96.8 Å². The van der Waals surface area contributed by atoms with E-state index >= 15 is 4.39 Å². The van der Waals surface area contributed by atoms with Crippen LogP contribution in [0, 0.1) is 11.7 Å². The molecule has 1 saturated carbocycles. The van der Waals surface area contributed by atoms with Crippen molar-refractivity contribution in [2.24, 2.45) is 5.92 Å². The molecule has 0 spiro atoms. The molecule has 9 nitrogen and oxygen atoms in total. The molecule has 3 amide bonds. The van der Waals surface area contributed by atoms with Crippen molar-refractivity contribution in [3.8, 4) is 5.69 Å². The summed E-state index contributed by atoms with van der Waals surface area (Å²) in [5.41, 5.74) is 2.44. The molecule has 3 heterocycles. The average Bonchev–Trinajstić information content (AvgIpc) is 3.68. The molecule has 1 aromatic heterocycles. The number of benzene rings is 2. The summed E-state index contributed by atoms with van der Waals surface area (Å²) in [7, 11) is 0. The van der Waals surface area contributed by atoms with Gasteiger partial charge in [-0.15, -0.1) is 0 Å². The molecule has 0 saturated heterocycles. The molecule has 3 aliphatic rings. The van der Waals surface area contributed by atoms with Crippen molar-refractivity contribution in [2.45, 2.75) is 58.6 Å². The van der Waals surface area contributed by atoms with Gasteiger partial charge in [0.05, 0.1) is 5.69 Å². The summed E-state index contributed by atoms with van der Waals surface area (Å²) in [4.78, 5) is 43.1. The Hall–Kier alpha value is -3.92. The van der Waals surface area contributed by atoms with Gasteiger partial charge >= 0.3 is 6.09 Å². The number of anilines is 1. The van der Waals surface area contributed by atoms with Crippen LogP contribution in [0.4, 0.5) is 14.9 Å². The highest BCUT2D eigenvalue weighted by atomic mass is 35.5. The summed E-state index contributed by atoms with van der Waals surface area (Å²) in [5, 5.41) is 8.01. The lowest BCUT2D eigenvalue weighted by Crippen LogP contribution is -2.41. The third kappa shape index (κ3) is 5.60. The van der Waals surface area contributed by atoms with Crippen molar-refractivity contribution in [1.82, 2.24) is 20.0 Å². The van der Waals surface area contributed by atoms with Crippen LogP contribution in [0.25, 0.3) is 5.69 Å². The van der Waals surface area contributed by atoms with Crippen molar-refractivity contribution in [2.75, 3.05) is 24.5 Å². The fourth-order valence-corrected chi connectivity index (χ4v) is 5.68. The Kier molecular flexibility index (Phi) is 7.21. The number of aromatic nitrogens is 2. The molecule has 0 radical (unpaired) electrons. The summed E-state index contributed by atoms with van der Waals surface area (Å²) in [6.07, 6.45) is 2.43. The first-order valence-corrected chi connectivity index (χ1v) is 14.6. The fraction of sp³-hybridized carbons (Fsp3) is 0.419. The zero-order valence-corrected chi connectivity index (χ0v) is 24.6. The molecule has 0 bridgehead atoms. The number of amides is 3. The number of halogens is 2. The summed E-state index contributed by atoms with van der Waals surface area (Å²) in [5.74, 6) is -0.651. The number of fused-ring (bicyclic) bond motifs is 2. The highest BCUT2D eigenvalue weighted by Crippen LogP contribution is 2.34. The lowest BCUT2D eigenvalue weighted by Gasteiger charge is -2.33. The van der Waals surface area contributed by atoms with Gasteiger partial charge in [-0.25, -0.2) is 13.9 Å². The minimum atomic E-state index is -0.651. The maximum Gasteiger partial charge on any atom is 0.410 e. The van der Waals surface area contributed by atoms with Crippen LogP contribution in [0.3, 0.4) is 0 Å². The van der Waals surface area contributed by atoms with Crippen molar-refractivity contribution >= 4 is 35.2 Å². The van der Waals surface area contributed by atoms with E-state index in [1.165, 1.54) is 15.6 Å². The van der Waals surface area contributed by atoms with E-state index in [0.717, 1.165) is 12.8 Å². The van der Waals surface area contributed by atoms with Gasteiger partial charge in [0, 0.05) is 42.5 Å². The first-order valence-electron chi connectivity index (χ1n) is 14.3. The molecule has 6 rings (SSSR count). The number of carbonyl (C=O) groups excluding carboxylic acids is 3. The zero-order chi connectivity index (χ0) is 29.8. The van der Waals surface area contributed by atoms with E-state index in [4.69, 9.17) is 16.3 Å². The first kappa shape index (κ1) is 28.2. The SMILES string of the molecule is CC(C)(C)OC(=O)N1CCc2c(F)cc(N3CCc4c(C(=O)NCC5CC5)nn(-c5cccc(Cl)c5)c4C3=O)cc2C1. The molecular weight excluding hydrogens is 561 g/mol. The van der Waals surface area contributed by atoms with Crippen LogP contribution >= 0.6 is 11.6 Å². The van der Waals surface area contributed by atoms with Crippen LogP contribution in [0.5, 0.6) is 0 Å². The third-order valence-electron chi connectivity index (χ3n) is 7.76. The van der Waals surface area contributed by atoms with Crippen molar-refractivity contribution in [3.05, 3.63) is 75.3 Å². The number of carbonyl (C=O) groups is 3. The number of nitrogens with zero attached hydrogens (tertiary/aromatic N) is 4. The van der Waals surface area contributed by atoms with Gasteiger partial charge in [-0.2, -0.15) is 5.10 Å².